The van der Waals surface area contributed by atoms with E-state index >= 15 is 0 Å². The summed E-state index contributed by atoms with van der Waals surface area (Å²) in [6.07, 6.45) is 0. The van der Waals surface area contributed by atoms with Crippen LogP contribution in [0.25, 0.3) is 0 Å². The molecule has 5 heteroatoms. The molecule has 1 aliphatic rings. The summed E-state index contributed by atoms with van der Waals surface area (Å²) in [5, 5.41) is 13.6. The number of nitriles is 1. The minimum absolute atomic E-state index is 0.505. The van der Waals surface area contributed by atoms with Crippen LogP contribution in [0.2, 0.25) is 0 Å². The topological polar surface area (TPSA) is 48.1 Å². The van der Waals surface area contributed by atoms with Crippen LogP contribution in [0.1, 0.15) is 18.2 Å². The van der Waals surface area contributed by atoms with Gasteiger partial charge in [0.2, 0.25) is 0 Å². The molecular weight excluding hydrogens is 214 g/mol. The molecule has 1 aromatic rings. The number of aryl methyl sites for hydroxylation is 2. The van der Waals surface area contributed by atoms with Crippen LogP contribution in [0.15, 0.2) is 0 Å². The number of anilines is 1. The van der Waals surface area contributed by atoms with Gasteiger partial charge >= 0.3 is 0 Å². The summed E-state index contributed by atoms with van der Waals surface area (Å²) >= 11 is 0. The second-order valence-corrected chi connectivity index (χ2v) is 4.80. The number of rotatable bonds is 1. The zero-order valence-corrected chi connectivity index (χ0v) is 10.9. The summed E-state index contributed by atoms with van der Waals surface area (Å²) in [6.45, 7) is 7.03. The molecule has 0 aliphatic carbocycles. The fraction of sp³-hybridized carbons (Fsp3) is 0.667. The smallest absolute Gasteiger partial charge is 0.145 e. The third kappa shape index (κ3) is 2.01. The van der Waals surface area contributed by atoms with E-state index in [1.807, 2.05) is 18.7 Å². The second kappa shape index (κ2) is 4.38. The Morgan fingerprint density at radius 2 is 2.06 bits per heavy atom. The Hall–Kier alpha value is -1.54. The van der Waals surface area contributed by atoms with Crippen molar-refractivity contribution in [2.75, 3.05) is 31.6 Å². The van der Waals surface area contributed by atoms with Gasteiger partial charge in [-0.2, -0.15) is 10.4 Å². The number of hydrogen-bond donors (Lipinski definition) is 0. The van der Waals surface area contributed by atoms with E-state index in [2.05, 4.69) is 34.9 Å². The van der Waals surface area contributed by atoms with E-state index in [1.54, 1.807) is 0 Å². The van der Waals surface area contributed by atoms with Gasteiger partial charge in [-0.15, -0.1) is 0 Å². The first-order chi connectivity index (χ1) is 8.04. The molecule has 1 aliphatic heterocycles. The van der Waals surface area contributed by atoms with E-state index in [0.29, 0.717) is 11.6 Å². The van der Waals surface area contributed by atoms with Gasteiger partial charge in [-0.05, 0) is 20.9 Å². The van der Waals surface area contributed by atoms with Gasteiger partial charge < -0.3 is 9.80 Å². The lowest BCUT2D eigenvalue weighted by Crippen LogP contribution is -2.50. The number of nitrogens with zero attached hydrogens (tertiary/aromatic N) is 5. The van der Waals surface area contributed by atoms with Crippen molar-refractivity contribution >= 4 is 5.82 Å². The van der Waals surface area contributed by atoms with Gasteiger partial charge in [0.05, 0.1) is 5.69 Å². The highest BCUT2D eigenvalue weighted by atomic mass is 15.4. The molecule has 2 heterocycles. The molecule has 2 rings (SSSR count). The van der Waals surface area contributed by atoms with Crippen molar-refractivity contribution in [1.29, 1.82) is 5.26 Å². The van der Waals surface area contributed by atoms with Crippen LogP contribution in [0.3, 0.4) is 0 Å². The maximum absolute atomic E-state index is 9.22. The van der Waals surface area contributed by atoms with Crippen molar-refractivity contribution in [3.8, 4) is 6.07 Å². The van der Waals surface area contributed by atoms with E-state index in [9.17, 15) is 5.26 Å². The Morgan fingerprint density at radius 1 is 1.35 bits per heavy atom. The zero-order valence-electron chi connectivity index (χ0n) is 10.9. The fourth-order valence-electron chi connectivity index (χ4n) is 2.38. The highest BCUT2D eigenvalue weighted by Gasteiger charge is 2.26. The monoisotopic (exact) mass is 233 g/mol. The molecule has 0 radical (unpaired) electrons. The van der Waals surface area contributed by atoms with Crippen LogP contribution in [-0.4, -0.2) is 47.4 Å². The maximum Gasteiger partial charge on any atom is 0.145 e. The van der Waals surface area contributed by atoms with Crippen LogP contribution in [0, 0.1) is 18.3 Å². The van der Waals surface area contributed by atoms with Crippen molar-refractivity contribution in [3.63, 3.8) is 0 Å². The summed E-state index contributed by atoms with van der Waals surface area (Å²) < 4.78 is 1.83. The SMILES string of the molecule is Cc1nn(C)c(N2CCN(C)C(C)C2)c1C#N. The fourth-order valence-corrected chi connectivity index (χ4v) is 2.38. The molecule has 17 heavy (non-hydrogen) atoms. The standard InChI is InChI=1S/C12H19N5/c1-9-8-17(6-5-15(9)3)12-11(7-13)10(2)14-16(12)4/h9H,5-6,8H2,1-4H3. The molecule has 0 bridgehead atoms. The Kier molecular flexibility index (Phi) is 3.07. The van der Waals surface area contributed by atoms with Crippen LogP contribution < -0.4 is 4.90 Å². The molecule has 1 aromatic heterocycles. The molecule has 1 unspecified atom stereocenters. The third-order valence-corrected chi connectivity index (χ3v) is 3.56. The molecule has 0 amide bonds. The van der Waals surface area contributed by atoms with Crippen molar-refractivity contribution < 1.29 is 0 Å². The number of hydrogen-bond acceptors (Lipinski definition) is 4. The molecular formula is C12H19N5. The van der Waals surface area contributed by atoms with Crippen molar-refractivity contribution in [2.24, 2.45) is 7.05 Å². The number of piperazine rings is 1. The van der Waals surface area contributed by atoms with Gasteiger partial charge in [0, 0.05) is 32.7 Å². The summed E-state index contributed by atoms with van der Waals surface area (Å²) in [5.41, 5.74) is 1.53. The lowest BCUT2D eigenvalue weighted by atomic mass is 10.2. The molecule has 1 atom stereocenters. The van der Waals surface area contributed by atoms with Crippen LogP contribution in [0.4, 0.5) is 5.82 Å². The predicted octanol–water partition coefficient (Wildman–Crippen LogP) is 0.740. The van der Waals surface area contributed by atoms with E-state index < -0.39 is 0 Å². The van der Waals surface area contributed by atoms with Gasteiger partial charge in [-0.1, -0.05) is 0 Å². The number of aromatic nitrogens is 2. The highest BCUT2D eigenvalue weighted by Crippen LogP contribution is 2.24. The van der Waals surface area contributed by atoms with Crippen LogP contribution in [-0.2, 0) is 7.05 Å². The van der Waals surface area contributed by atoms with Gasteiger partial charge in [0.25, 0.3) is 0 Å². The average Bonchev–Trinajstić information content (AvgIpc) is 2.57. The van der Waals surface area contributed by atoms with E-state index in [-0.39, 0.29) is 0 Å². The summed E-state index contributed by atoms with van der Waals surface area (Å²) in [4.78, 5) is 4.61. The lowest BCUT2D eigenvalue weighted by molar-refractivity contribution is 0.232. The quantitative estimate of drug-likeness (QED) is 0.718. The second-order valence-electron chi connectivity index (χ2n) is 4.80. The molecule has 1 fully saturated rings. The van der Waals surface area contributed by atoms with Gasteiger partial charge in [0.15, 0.2) is 0 Å². The minimum Gasteiger partial charge on any atom is -0.353 e. The van der Waals surface area contributed by atoms with Crippen molar-refractivity contribution in [3.05, 3.63) is 11.3 Å². The average molecular weight is 233 g/mol. The van der Waals surface area contributed by atoms with E-state index in [1.165, 1.54) is 0 Å². The Bertz CT molecular complexity index is 456. The number of likely N-dealkylation sites (N-methyl/N-ethyl adjacent to an activating group) is 1. The van der Waals surface area contributed by atoms with E-state index in [4.69, 9.17) is 0 Å². The normalized spacial score (nSPS) is 21.6. The third-order valence-electron chi connectivity index (χ3n) is 3.56. The Labute approximate surface area is 102 Å². The molecule has 92 valence electrons. The highest BCUT2D eigenvalue weighted by molar-refractivity contribution is 5.57. The Balaban J connectivity index is 2.32. The van der Waals surface area contributed by atoms with Crippen LogP contribution in [0.5, 0.6) is 0 Å². The van der Waals surface area contributed by atoms with E-state index in [0.717, 1.165) is 31.1 Å². The molecule has 1 saturated heterocycles. The zero-order chi connectivity index (χ0) is 12.6. The van der Waals surface area contributed by atoms with Crippen molar-refractivity contribution in [1.82, 2.24) is 14.7 Å². The molecule has 0 spiro atoms. The molecule has 0 aromatic carbocycles. The summed E-state index contributed by atoms with van der Waals surface area (Å²) in [7, 11) is 4.05. The first-order valence-electron chi connectivity index (χ1n) is 5.93. The summed E-state index contributed by atoms with van der Waals surface area (Å²) in [5.74, 6) is 0.963. The molecule has 5 nitrogen and oxygen atoms in total. The molecule has 0 saturated carbocycles. The first-order valence-corrected chi connectivity index (χ1v) is 5.93. The van der Waals surface area contributed by atoms with Gasteiger partial charge in [0.1, 0.15) is 17.5 Å². The van der Waals surface area contributed by atoms with Crippen molar-refractivity contribution in [2.45, 2.75) is 19.9 Å². The summed E-state index contributed by atoms with van der Waals surface area (Å²) in [6, 6.07) is 2.77. The largest absolute Gasteiger partial charge is 0.353 e. The van der Waals surface area contributed by atoms with Crippen LogP contribution >= 0.6 is 0 Å². The lowest BCUT2D eigenvalue weighted by Gasteiger charge is -2.38. The van der Waals surface area contributed by atoms with Gasteiger partial charge in [-0.25, -0.2) is 0 Å². The van der Waals surface area contributed by atoms with Gasteiger partial charge in [-0.3, -0.25) is 4.68 Å². The first kappa shape index (κ1) is 11.9. The maximum atomic E-state index is 9.22. The predicted molar refractivity (Wildman–Crippen MR) is 67.0 cm³/mol. The minimum atomic E-state index is 0.505. The Morgan fingerprint density at radius 3 is 2.65 bits per heavy atom. The molecule has 0 N–H and O–H groups in total.